The first-order chi connectivity index (χ1) is 15.3. The summed E-state index contributed by atoms with van der Waals surface area (Å²) in [6.07, 6.45) is 1.98. The molecule has 0 aromatic heterocycles. The Hall–Kier alpha value is -3.16. The number of halogens is 1. The van der Waals surface area contributed by atoms with Gasteiger partial charge >= 0.3 is 0 Å². The largest absolute Gasteiger partial charge is 0.376 e. The van der Waals surface area contributed by atoms with Crippen molar-refractivity contribution < 1.29 is 19.1 Å². The zero-order valence-corrected chi connectivity index (χ0v) is 18.7. The van der Waals surface area contributed by atoms with Crippen LogP contribution in [0.2, 0.25) is 0 Å². The Morgan fingerprint density at radius 3 is 2.56 bits per heavy atom. The highest BCUT2D eigenvalue weighted by Crippen LogP contribution is 2.31. The number of anilines is 2. The van der Waals surface area contributed by atoms with E-state index in [1.807, 2.05) is 26.0 Å². The molecule has 2 N–H and O–H groups in total. The van der Waals surface area contributed by atoms with Crippen molar-refractivity contribution in [2.45, 2.75) is 32.8 Å². The molecule has 3 amide bonds. The summed E-state index contributed by atoms with van der Waals surface area (Å²) >= 11 is 6.24. The molecule has 0 spiro atoms. The SMILES string of the molecule is Cc1ccc(N2C(=O)C(Cl)=C(Nc3cc(C(=O)NCC4CCCO4)ccc3C)C2=O)cc1. The lowest BCUT2D eigenvalue weighted by atomic mass is 10.1. The number of ether oxygens (including phenoxy) is 1. The fraction of sp³-hybridized carbons (Fsp3) is 0.292. The highest BCUT2D eigenvalue weighted by molar-refractivity contribution is 6.53. The highest BCUT2D eigenvalue weighted by Gasteiger charge is 2.39. The van der Waals surface area contributed by atoms with Gasteiger partial charge in [-0.15, -0.1) is 0 Å². The van der Waals surface area contributed by atoms with E-state index < -0.39 is 11.8 Å². The van der Waals surface area contributed by atoms with Gasteiger partial charge in [0.05, 0.1) is 11.8 Å². The minimum absolute atomic E-state index is 0.0164. The highest BCUT2D eigenvalue weighted by atomic mass is 35.5. The molecule has 2 aliphatic heterocycles. The molecule has 2 aromatic rings. The van der Waals surface area contributed by atoms with Crippen LogP contribution in [-0.2, 0) is 14.3 Å². The molecule has 166 valence electrons. The maximum absolute atomic E-state index is 13.0. The number of imide groups is 1. The Morgan fingerprint density at radius 1 is 1.12 bits per heavy atom. The quantitative estimate of drug-likeness (QED) is 0.652. The van der Waals surface area contributed by atoms with Crippen molar-refractivity contribution in [3.8, 4) is 0 Å². The normalized spacial score (nSPS) is 18.5. The molecule has 2 aromatic carbocycles. The van der Waals surface area contributed by atoms with Crippen molar-refractivity contribution >= 4 is 40.7 Å². The molecular weight excluding hydrogens is 430 g/mol. The van der Waals surface area contributed by atoms with Crippen molar-refractivity contribution in [2.24, 2.45) is 0 Å². The molecule has 2 heterocycles. The molecule has 2 aliphatic rings. The van der Waals surface area contributed by atoms with Crippen LogP contribution in [0.4, 0.5) is 11.4 Å². The van der Waals surface area contributed by atoms with Gasteiger partial charge in [-0.1, -0.05) is 35.4 Å². The van der Waals surface area contributed by atoms with Crippen LogP contribution in [0.5, 0.6) is 0 Å². The van der Waals surface area contributed by atoms with E-state index in [0.29, 0.717) is 23.5 Å². The topological polar surface area (TPSA) is 87.7 Å². The first-order valence-electron chi connectivity index (χ1n) is 10.5. The van der Waals surface area contributed by atoms with Crippen molar-refractivity contribution in [1.29, 1.82) is 0 Å². The summed E-state index contributed by atoms with van der Waals surface area (Å²) in [6, 6.07) is 12.2. The van der Waals surface area contributed by atoms with Gasteiger partial charge in [-0.3, -0.25) is 14.4 Å². The van der Waals surface area contributed by atoms with Crippen LogP contribution in [0, 0.1) is 13.8 Å². The molecule has 32 heavy (non-hydrogen) atoms. The number of hydrogen-bond acceptors (Lipinski definition) is 5. The molecular formula is C24H24ClN3O4. The van der Waals surface area contributed by atoms with Crippen LogP contribution in [0.3, 0.4) is 0 Å². The van der Waals surface area contributed by atoms with Crippen LogP contribution in [0.25, 0.3) is 0 Å². The fourth-order valence-corrected chi connectivity index (χ4v) is 3.90. The summed E-state index contributed by atoms with van der Waals surface area (Å²) in [5.41, 5.74) is 3.19. The molecule has 0 radical (unpaired) electrons. The number of aryl methyl sites for hydroxylation is 2. The average Bonchev–Trinajstić information content (AvgIpc) is 3.37. The minimum atomic E-state index is -0.592. The van der Waals surface area contributed by atoms with E-state index in [1.54, 1.807) is 30.3 Å². The Balaban J connectivity index is 1.52. The molecule has 1 unspecified atom stereocenters. The van der Waals surface area contributed by atoms with E-state index in [1.165, 1.54) is 0 Å². The predicted octanol–water partition coefficient (Wildman–Crippen LogP) is 3.65. The van der Waals surface area contributed by atoms with Gasteiger partial charge in [0.1, 0.15) is 10.7 Å². The van der Waals surface area contributed by atoms with Gasteiger partial charge in [0.2, 0.25) is 0 Å². The standard InChI is InChI=1S/C24H24ClN3O4/c1-14-5-9-17(10-6-14)28-23(30)20(25)21(24(28)31)27-19-12-16(8-7-15(19)2)22(29)26-13-18-4-3-11-32-18/h5-10,12,18,27H,3-4,11,13H2,1-2H3,(H,26,29). The number of hydrogen-bond donors (Lipinski definition) is 2. The van der Waals surface area contributed by atoms with Gasteiger partial charge in [-0.05, 0) is 56.5 Å². The Labute approximate surface area is 191 Å². The summed E-state index contributed by atoms with van der Waals surface area (Å²) in [5, 5.41) is 5.66. The molecule has 4 rings (SSSR count). The van der Waals surface area contributed by atoms with E-state index in [-0.39, 0.29) is 22.7 Å². The maximum Gasteiger partial charge on any atom is 0.283 e. The summed E-state index contributed by atoms with van der Waals surface area (Å²) in [7, 11) is 0. The summed E-state index contributed by atoms with van der Waals surface area (Å²) in [4.78, 5) is 39.3. The third-order valence-electron chi connectivity index (χ3n) is 5.59. The monoisotopic (exact) mass is 453 g/mol. The first-order valence-corrected chi connectivity index (χ1v) is 10.9. The van der Waals surface area contributed by atoms with Crippen molar-refractivity contribution in [1.82, 2.24) is 5.32 Å². The number of nitrogens with zero attached hydrogens (tertiary/aromatic N) is 1. The second-order valence-corrected chi connectivity index (χ2v) is 8.35. The Kier molecular flexibility index (Phi) is 6.30. The summed E-state index contributed by atoms with van der Waals surface area (Å²) in [5.74, 6) is -1.37. The molecule has 0 aliphatic carbocycles. The van der Waals surface area contributed by atoms with Gasteiger partial charge < -0.3 is 15.4 Å². The zero-order valence-electron chi connectivity index (χ0n) is 17.9. The van der Waals surface area contributed by atoms with Crippen LogP contribution in [0.1, 0.15) is 34.3 Å². The van der Waals surface area contributed by atoms with E-state index in [2.05, 4.69) is 10.6 Å². The predicted molar refractivity (Wildman–Crippen MR) is 123 cm³/mol. The third-order valence-corrected chi connectivity index (χ3v) is 5.94. The lowest BCUT2D eigenvalue weighted by Crippen LogP contribution is -2.32. The number of rotatable bonds is 6. The van der Waals surface area contributed by atoms with Gasteiger partial charge in [0, 0.05) is 24.4 Å². The van der Waals surface area contributed by atoms with Crippen molar-refractivity contribution in [3.63, 3.8) is 0 Å². The fourth-order valence-electron chi connectivity index (χ4n) is 3.69. The van der Waals surface area contributed by atoms with Gasteiger partial charge in [-0.25, -0.2) is 4.90 Å². The van der Waals surface area contributed by atoms with Gasteiger partial charge in [0.15, 0.2) is 0 Å². The van der Waals surface area contributed by atoms with E-state index in [9.17, 15) is 14.4 Å². The first kappa shape index (κ1) is 22.0. The molecule has 7 nitrogen and oxygen atoms in total. The lowest BCUT2D eigenvalue weighted by molar-refractivity contribution is -0.120. The summed E-state index contributed by atoms with van der Waals surface area (Å²) in [6.45, 7) is 4.93. The average molecular weight is 454 g/mol. The lowest BCUT2D eigenvalue weighted by Gasteiger charge is -2.16. The smallest absolute Gasteiger partial charge is 0.283 e. The van der Waals surface area contributed by atoms with E-state index >= 15 is 0 Å². The van der Waals surface area contributed by atoms with E-state index in [0.717, 1.165) is 35.5 Å². The van der Waals surface area contributed by atoms with Crippen LogP contribution >= 0.6 is 11.6 Å². The number of nitrogens with one attached hydrogen (secondary N) is 2. The number of amides is 3. The Bertz CT molecular complexity index is 1100. The maximum atomic E-state index is 13.0. The number of benzene rings is 2. The van der Waals surface area contributed by atoms with Gasteiger partial charge in [0.25, 0.3) is 17.7 Å². The Morgan fingerprint density at radius 2 is 1.88 bits per heavy atom. The molecule has 8 heteroatoms. The number of carbonyl (C=O) groups excluding carboxylic acids is 3. The van der Waals surface area contributed by atoms with Crippen molar-refractivity contribution in [3.05, 3.63) is 69.9 Å². The van der Waals surface area contributed by atoms with Gasteiger partial charge in [-0.2, -0.15) is 0 Å². The van der Waals surface area contributed by atoms with Crippen LogP contribution < -0.4 is 15.5 Å². The van der Waals surface area contributed by atoms with Crippen LogP contribution in [0.15, 0.2) is 53.2 Å². The van der Waals surface area contributed by atoms with E-state index in [4.69, 9.17) is 16.3 Å². The molecule has 1 fully saturated rings. The molecule has 1 saturated heterocycles. The molecule has 0 bridgehead atoms. The van der Waals surface area contributed by atoms with Crippen LogP contribution in [-0.4, -0.2) is 37.0 Å². The minimum Gasteiger partial charge on any atom is -0.376 e. The zero-order chi connectivity index (χ0) is 22.8. The molecule has 1 atom stereocenters. The number of carbonyl (C=O) groups is 3. The van der Waals surface area contributed by atoms with Crippen molar-refractivity contribution in [2.75, 3.05) is 23.4 Å². The second kappa shape index (κ2) is 9.14. The third kappa shape index (κ3) is 4.40. The molecule has 0 saturated carbocycles. The second-order valence-electron chi connectivity index (χ2n) is 7.97. The summed E-state index contributed by atoms with van der Waals surface area (Å²) < 4.78 is 5.54.